The molecule has 1 aromatic rings. The first-order valence-electron chi connectivity index (χ1n) is 6.15. The van der Waals surface area contributed by atoms with Gasteiger partial charge in [0.05, 0.1) is 13.7 Å². The molecule has 106 valence electrons. The van der Waals surface area contributed by atoms with Gasteiger partial charge in [-0.3, -0.25) is 4.79 Å². The maximum atomic E-state index is 11.8. The van der Waals surface area contributed by atoms with Crippen molar-refractivity contribution in [2.24, 2.45) is 0 Å². The highest BCUT2D eigenvalue weighted by Gasteiger charge is 2.13. The average Bonchev–Trinajstić information content (AvgIpc) is 2.43. The molecule has 0 aromatic heterocycles. The molecule has 0 aliphatic rings. The monoisotopic (exact) mass is 267 g/mol. The van der Waals surface area contributed by atoms with Crippen LogP contribution in [0.4, 0.5) is 0 Å². The van der Waals surface area contributed by atoms with Crippen LogP contribution in [0.25, 0.3) is 0 Å². The van der Waals surface area contributed by atoms with Gasteiger partial charge < -0.3 is 19.5 Å². The molecule has 0 bridgehead atoms. The normalized spacial score (nSPS) is 10.4. The molecule has 0 fully saturated rings. The summed E-state index contributed by atoms with van der Waals surface area (Å²) in [6.07, 6.45) is 0. The second kappa shape index (κ2) is 6.99. The number of aliphatic hydroxyl groups excluding tert-OH is 1. The summed E-state index contributed by atoms with van der Waals surface area (Å²) in [7, 11) is 3.29. The fourth-order valence-corrected chi connectivity index (χ4v) is 1.48. The first-order chi connectivity index (χ1) is 8.99. The molecule has 19 heavy (non-hydrogen) atoms. The summed E-state index contributed by atoms with van der Waals surface area (Å²) in [4.78, 5) is 13.4. The summed E-state index contributed by atoms with van der Waals surface area (Å²) in [5.74, 6) is 1.03. The van der Waals surface area contributed by atoms with E-state index < -0.39 is 0 Å². The van der Waals surface area contributed by atoms with Gasteiger partial charge in [-0.05, 0) is 32.0 Å². The van der Waals surface area contributed by atoms with E-state index in [2.05, 4.69) is 0 Å². The number of rotatable bonds is 6. The highest BCUT2D eigenvalue weighted by Crippen LogP contribution is 2.24. The number of likely N-dealkylation sites (N-methyl/N-ethyl adjacent to an activating group) is 1. The van der Waals surface area contributed by atoms with E-state index in [1.165, 1.54) is 0 Å². The minimum atomic E-state index is -0.166. The maximum Gasteiger partial charge on any atom is 0.260 e. The van der Waals surface area contributed by atoms with Crippen molar-refractivity contribution in [1.29, 1.82) is 0 Å². The van der Waals surface area contributed by atoms with E-state index in [1.54, 1.807) is 37.3 Å². The molecule has 1 aromatic carbocycles. The van der Waals surface area contributed by atoms with E-state index in [-0.39, 0.29) is 25.2 Å². The van der Waals surface area contributed by atoms with Crippen LogP contribution < -0.4 is 9.47 Å². The van der Waals surface area contributed by atoms with Gasteiger partial charge in [0, 0.05) is 18.7 Å². The van der Waals surface area contributed by atoms with Crippen LogP contribution in [0.15, 0.2) is 18.2 Å². The Morgan fingerprint density at radius 2 is 2.11 bits per heavy atom. The molecule has 1 amide bonds. The van der Waals surface area contributed by atoms with E-state index in [4.69, 9.17) is 9.47 Å². The number of benzene rings is 1. The predicted octanol–water partition coefficient (Wildman–Crippen LogP) is 1.43. The lowest BCUT2D eigenvalue weighted by molar-refractivity contribution is -0.133. The number of hydrogen-bond donors (Lipinski definition) is 1. The fraction of sp³-hybridized carbons (Fsp3) is 0.500. The smallest absolute Gasteiger partial charge is 0.260 e. The summed E-state index contributed by atoms with van der Waals surface area (Å²) in [5.41, 5.74) is 0.597. The molecule has 5 heteroatoms. The molecule has 0 radical (unpaired) electrons. The van der Waals surface area contributed by atoms with Crippen molar-refractivity contribution >= 4 is 5.91 Å². The first-order valence-corrected chi connectivity index (χ1v) is 6.15. The number of amides is 1. The number of aliphatic hydroxyl groups is 1. The first kappa shape index (κ1) is 15.3. The van der Waals surface area contributed by atoms with Crippen molar-refractivity contribution in [2.45, 2.75) is 26.5 Å². The van der Waals surface area contributed by atoms with Gasteiger partial charge in [0.25, 0.3) is 5.91 Å². The van der Waals surface area contributed by atoms with Gasteiger partial charge in [-0.25, -0.2) is 0 Å². The molecule has 0 aliphatic heterocycles. The molecule has 0 saturated carbocycles. The zero-order chi connectivity index (χ0) is 14.4. The molecule has 1 N–H and O–H groups in total. The van der Waals surface area contributed by atoms with Crippen LogP contribution in [0.5, 0.6) is 11.5 Å². The fourth-order valence-electron chi connectivity index (χ4n) is 1.48. The number of methoxy groups -OCH3 is 1. The summed E-state index contributed by atoms with van der Waals surface area (Å²) in [6.45, 7) is 3.66. The Labute approximate surface area is 113 Å². The standard InChI is InChI=1S/C14H21NO4/c1-10(2)15(3)14(17)9-19-13-6-5-12(18-4)7-11(13)8-16/h5-7,10,16H,8-9H2,1-4H3. The third-order valence-corrected chi connectivity index (χ3v) is 2.96. The number of ether oxygens (including phenoxy) is 2. The zero-order valence-corrected chi connectivity index (χ0v) is 11.8. The Kier molecular flexibility index (Phi) is 5.63. The Balaban J connectivity index is 2.70. The Morgan fingerprint density at radius 1 is 1.42 bits per heavy atom. The number of hydrogen-bond acceptors (Lipinski definition) is 4. The Morgan fingerprint density at radius 3 is 2.63 bits per heavy atom. The van der Waals surface area contributed by atoms with E-state index >= 15 is 0 Å². The average molecular weight is 267 g/mol. The molecule has 0 spiro atoms. The molecule has 1 rings (SSSR count). The van der Waals surface area contributed by atoms with Crippen LogP contribution in [-0.2, 0) is 11.4 Å². The lowest BCUT2D eigenvalue weighted by Crippen LogP contribution is -2.36. The van der Waals surface area contributed by atoms with Crippen LogP contribution >= 0.6 is 0 Å². The topological polar surface area (TPSA) is 59.0 Å². The van der Waals surface area contributed by atoms with Gasteiger partial charge in [0.1, 0.15) is 11.5 Å². The summed E-state index contributed by atoms with van der Waals surface area (Å²) < 4.78 is 10.5. The predicted molar refractivity (Wildman–Crippen MR) is 72.3 cm³/mol. The van der Waals surface area contributed by atoms with E-state index in [1.807, 2.05) is 13.8 Å². The quantitative estimate of drug-likeness (QED) is 0.847. The van der Waals surface area contributed by atoms with Gasteiger partial charge in [-0.1, -0.05) is 0 Å². The summed E-state index contributed by atoms with van der Waals surface area (Å²) in [5, 5.41) is 9.27. The summed E-state index contributed by atoms with van der Waals surface area (Å²) in [6, 6.07) is 5.23. The van der Waals surface area contributed by atoms with E-state index in [0.717, 1.165) is 0 Å². The van der Waals surface area contributed by atoms with Gasteiger partial charge in [-0.2, -0.15) is 0 Å². The van der Waals surface area contributed by atoms with Crippen LogP contribution in [-0.4, -0.2) is 42.7 Å². The number of carbonyl (C=O) groups is 1. The molecule has 0 atom stereocenters. The maximum absolute atomic E-state index is 11.8. The highest BCUT2D eigenvalue weighted by atomic mass is 16.5. The molecule has 0 unspecified atom stereocenters. The van der Waals surface area contributed by atoms with Crippen molar-refractivity contribution < 1.29 is 19.4 Å². The molecule has 5 nitrogen and oxygen atoms in total. The summed E-state index contributed by atoms with van der Waals surface area (Å²) >= 11 is 0. The SMILES string of the molecule is COc1ccc(OCC(=O)N(C)C(C)C)c(CO)c1. The molecule has 0 heterocycles. The zero-order valence-electron chi connectivity index (χ0n) is 11.8. The van der Waals surface area contributed by atoms with Crippen molar-refractivity contribution in [3.8, 4) is 11.5 Å². The van der Waals surface area contributed by atoms with Gasteiger partial charge >= 0.3 is 0 Å². The lowest BCUT2D eigenvalue weighted by Gasteiger charge is -2.21. The van der Waals surface area contributed by atoms with Crippen LogP contribution in [0.3, 0.4) is 0 Å². The molecular weight excluding hydrogens is 246 g/mol. The molecular formula is C14H21NO4. The molecule has 0 saturated heterocycles. The minimum absolute atomic E-state index is 0.0476. The van der Waals surface area contributed by atoms with Crippen molar-refractivity contribution in [2.75, 3.05) is 20.8 Å². The highest BCUT2D eigenvalue weighted by molar-refractivity contribution is 5.77. The second-order valence-corrected chi connectivity index (χ2v) is 4.52. The second-order valence-electron chi connectivity index (χ2n) is 4.52. The Hall–Kier alpha value is -1.75. The van der Waals surface area contributed by atoms with Crippen molar-refractivity contribution in [3.63, 3.8) is 0 Å². The third kappa shape index (κ3) is 4.13. The largest absolute Gasteiger partial charge is 0.497 e. The molecule has 0 aliphatic carbocycles. The van der Waals surface area contributed by atoms with E-state index in [9.17, 15) is 9.90 Å². The van der Waals surface area contributed by atoms with Crippen LogP contribution in [0.1, 0.15) is 19.4 Å². The van der Waals surface area contributed by atoms with Crippen LogP contribution in [0.2, 0.25) is 0 Å². The lowest BCUT2D eigenvalue weighted by atomic mass is 10.2. The number of nitrogens with zero attached hydrogens (tertiary/aromatic N) is 1. The number of carbonyl (C=O) groups excluding carboxylic acids is 1. The van der Waals surface area contributed by atoms with Crippen LogP contribution in [0, 0.1) is 0 Å². The van der Waals surface area contributed by atoms with E-state index in [0.29, 0.717) is 17.1 Å². The van der Waals surface area contributed by atoms with Gasteiger partial charge in [0.2, 0.25) is 0 Å². The van der Waals surface area contributed by atoms with Crippen molar-refractivity contribution in [3.05, 3.63) is 23.8 Å². The van der Waals surface area contributed by atoms with Gasteiger partial charge in [-0.15, -0.1) is 0 Å². The van der Waals surface area contributed by atoms with Crippen molar-refractivity contribution in [1.82, 2.24) is 4.90 Å². The Bertz CT molecular complexity index is 431. The minimum Gasteiger partial charge on any atom is -0.497 e. The van der Waals surface area contributed by atoms with Gasteiger partial charge in [0.15, 0.2) is 6.61 Å². The third-order valence-electron chi connectivity index (χ3n) is 2.96.